The maximum absolute atomic E-state index is 3.64. The molecule has 1 atom stereocenters. The Kier molecular flexibility index (Phi) is 5.26. The average molecular weight is 226 g/mol. The minimum Gasteiger partial charge on any atom is -0.311 e. The molecule has 16 heavy (non-hydrogen) atoms. The topological polar surface area (TPSA) is 15.3 Å². The molecule has 0 aliphatic carbocycles. The van der Waals surface area contributed by atoms with E-state index in [0.717, 1.165) is 18.5 Å². The van der Waals surface area contributed by atoms with Crippen LogP contribution in [0.25, 0.3) is 0 Å². The molecule has 0 saturated carbocycles. The van der Waals surface area contributed by atoms with Crippen LogP contribution in [0.15, 0.2) is 0 Å². The molecule has 1 aliphatic heterocycles. The van der Waals surface area contributed by atoms with Gasteiger partial charge in [-0.15, -0.1) is 0 Å². The van der Waals surface area contributed by atoms with Gasteiger partial charge in [-0.1, -0.05) is 13.8 Å². The second kappa shape index (κ2) is 6.02. The molecule has 1 unspecified atom stereocenters. The zero-order valence-electron chi connectivity index (χ0n) is 11.8. The van der Waals surface area contributed by atoms with Gasteiger partial charge in [0.05, 0.1) is 0 Å². The van der Waals surface area contributed by atoms with Crippen molar-refractivity contribution in [3.05, 3.63) is 0 Å². The SMILES string of the molecule is CCC(CNC(C)(C)C)N1CCC(C)CC1. The quantitative estimate of drug-likeness (QED) is 0.793. The van der Waals surface area contributed by atoms with Crippen LogP contribution >= 0.6 is 0 Å². The highest BCUT2D eigenvalue weighted by atomic mass is 15.2. The first kappa shape index (κ1) is 14.0. The molecule has 1 saturated heterocycles. The van der Waals surface area contributed by atoms with Crippen LogP contribution in [0.4, 0.5) is 0 Å². The van der Waals surface area contributed by atoms with E-state index in [1.54, 1.807) is 0 Å². The molecule has 1 N–H and O–H groups in total. The van der Waals surface area contributed by atoms with Gasteiger partial charge in [0.15, 0.2) is 0 Å². The Bertz CT molecular complexity index is 187. The van der Waals surface area contributed by atoms with Crippen molar-refractivity contribution in [1.82, 2.24) is 10.2 Å². The van der Waals surface area contributed by atoms with Gasteiger partial charge < -0.3 is 5.32 Å². The number of rotatable bonds is 4. The van der Waals surface area contributed by atoms with Gasteiger partial charge in [0, 0.05) is 18.1 Å². The lowest BCUT2D eigenvalue weighted by atomic mass is 9.97. The van der Waals surface area contributed by atoms with Gasteiger partial charge in [-0.05, 0) is 59.0 Å². The fourth-order valence-electron chi connectivity index (χ4n) is 2.35. The smallest absolute Gasteiger partial charge is 0.0218 e. The van der Waals surface area contributed by atoms with Gasteiger partial charge >= 0.3 is 0 Å². The van der Waals surface area contributed by atoms with E-state index in [4.69, 9.17) is 0 Å². The molecule has 2 nitrogen and oxygen atoms in total. The zero-order chi connectivity index (χ0) is 12.2. The van der Waals surface area contributed by atoms with Crippen LogP contribution in [0.5, 0.6) is 0 Å². The fraction of sp³-hybridized carbons (Fsp3) is 1.00. The van der Waals surface area contributed by atoms with Crippen molar-refractivity contribution in [2.45, 2.75) is 65.5 Å². The van der Waals surface area contributed by atoms with E-state index in [-0.39, 0.29) is 5.54 Å². The van der Waals surface area contributed by atoms with E-state index in [0.29, 0.717) is 0 Å². The van der Waals surface area contributed by atoms with Gasteiger partial charge in [-0.3, -0.25) is 4.90 Å². The molecular formula is C14H30N2. The van der Waals surface area contributed by atoms with Crippen molar-refractivity contribution < 1.29 is 0 Å². The van der Waals surface area contributed by atoms with E-state index >= 15 is 0 Å². The highest BCUT2D eigenvalue weighted by Crippen LogP contribution is 2.19. The molecule has 2 heteroatoms. The summed E-state index contributed by atoms with van der Waals surface area (Å²) in [6.07, 6.45) is 4.02. The summed E-state index contributed by atoms with van der Waals surface area (Å²) >= 11 is 0. The van der Waals surface area contributed by atoms with Crippen molar-refractivity contribution in [2.24, 2.45) is 5.92 Å². The normalized spacial score (nSPS) is 22.3. The van der Waals surface area contributed by atoms with E-state index in [2.05, 4.69) is 44.8 Å². The summed E-state index contributed by atoms with van der Waals surface area (Å²) in [6, 6.07) is 0.728. The van der Waals surface area contributed by atoms with E-state index in [9.17, 15) is 0 Å². The Morgan fingerprint density at radius 3 is 2.25 bits per heavy atom. The number of hydrogen-bond acceptors (Lipinski definition) is 2. The van der Waals surface area contributed by atoms with Crippen LogP contribution in [0.2, 0.25) is 0 Å². The van der Waals surface area contributed by atoms with Crippen molar-refractivity contribution in [1.29, 1.82) is 0 Å². The Hall–Kier alpha value is -0.0800. The Morgan fingerprint density at radius 1 is 1.25 bits per heavy atom. The van der Waals surface area contributed by atoms with Crippen molar-refractivity contribution in [2.75, 3.05) is 19.6 Å². The summed E-state index contributed by atoms with van der Waals surface area (Å²) in [5.74, 6) is 0.935. The van der Waals surface area contributed by atoms with Crippen LogP contribution in [0.1, 0.15) is 53.9 Å². The average Bonchev–Trinajstić information content (AvgIpc) is 2.20. The second-order valence-corrected chi connectivity index (χ2v) is 6.41. The summed E-state index contributed by atoms with van der Waals surface area (Å²) in [5, 5.41) is 3.64. The van der Waals surface area contributed by atoms with Crippen LogP contribution in [0.3, 0.4) is 0 Å². The zero-order valence-corrected chi connectivity index (χ0v) is 11.8. The molecule has 0 spiro atoms. The summed E-state index contributed by atoms with van der Waals surface area (Å²) in [6.45, 7) is 15.2. The predicted octanol–water partition coefficient (Wildman–Crippen LogP) is 2.89. The van der Waals surface area contributed by atoms with Gasteiger partial charge in [0.1, 0.15) is 0 Å². The molecule has 96 valence electrons. The molecule has 0 aromatic rings. The first-order chi connectivity index (χ1) is 7.42. The lowest BCUT2D eigenvalue weighted by Crippen LogP contribution is -2.49. The van der Waals surface area contributed by atoms with Gasteiger partial charge in [0.25, 0.3) is 0 Å². The fourth-order valence-corrected chi connectivity index (χ4v) is 2.35. The van der Waals surface area contributed by atoms with Crippen LogP contribution in [-0.4, -0.2) is 36.1 Å². The lowest BCUT2D eigenvalue weighted by molar-refractivity contribution is 0.127. The van der Waals surface area contributed by atoms with Crippen LogP contribution in [-0.2, 0) is 0 Å². The highest BCUT2D eigenvalue weighted by molar-refractivity contribution is 4.81. The third kappa shape index (κ3) is 4.84. The van der Waals surface area contributed by atoms with Crippen LogP contribution in [0, 0.1) is 5.92 Å². The molecule has 1 rings (SSSR count). The summed E-state index contributed by atoms with van der Waals surface area (Å²) in [4.78, 5) is 2.68. The number of nitrogens with zero attached hydrogens (tertiary/aromatic N) is 1. The number of hydrogen-bond donors (Lipinski definition) is 1. The first-order valence-corrected chi connectivity index (χ1v) is 6.91. The molecule has 1 heterocycles. The van der Waals surface area contributed by atoms with Crippen molar-refractivity contribution in [3.8, 4) is 0 Å². The van der Waals surface area contributed by atoms with Crippen molar-refractivity contribution >= 4 is 0 Å². The number of likely N-dealkylation sites (tertiary alicyclic amines) is 1. The summed E-state index contributed by atoms with van der Waals surface area (Å²) in [7, 11) is 0. The molecule has 0 bridgehead atoms. The first-order valence-electron chi connectivity index (χ1n) is 6.91. The second-order valence-electron chi connectivity index (χ2n) is 6.41. The minimum atomic E-state index is 0.247. The Labute approximate surface area is 102 Å². The molecule has 0 amide bonds. The third-order valence-corrected chi connectivity index (χ3v) is 3.67. The molecular weight excluding hydrogens is 196 g/mol. The van der Waals surface area contributed by atoms with E-state index in [1.165, 1.54) is 32.4 Å². The maximum atomic E-state index is 3.64. The van der Waals surface area contributed by atoms with Gasteiger partial charge in [-0.25, -0.2) is 0 Å². The van der Waals surface area contributed by atoms with Gasteiger partial charge in [-0.2, -0.15) is 0 Å². The third-order valence-electron chi connectivity index (χ3n) is 3.67. The Morgan fingerprint density at radius 2 is 1.81 bits per heavy atom. The largest absolute Gasteiger partial charge is 0.311 e. The van der Waals surface area contributed by atoms with E-state index < -0.39 is 0 Å². The monoisotopic (exact) mass is 226 g/mol. The predicted molar refractivity (Wildman–Crippen MR) is 71.8 cm³/mol. The minimum absolute atomic E-state index is 0.247. The molecule has 1 fully saturated rings. The highest BCUT2D eigenvalue weighted by Gasteiger charge is 2.23. The maximum Gasteiger partial charge on any atom is 0.0218 e. The molecule has 0 radical (unpaired) electrons. The molecule has 1 aliphatic rings. The number of nitrogens with one attached hydrogen (secondary N) is 1. The standard InChI is InChI=1S/C14H30N2/c1-6-13(11-15-14(3,4)5)16-9-7-12(2)8-10-16/h12-13,15H,6-11H2,1-5H3. The molecule has 0 aromatic heterocycles. The van der Waals surface area contributed by atoms with E-state index in [1.807, 2.05) is 0 Å². The van der Waals surface area contributed by atoms with Crippen molar-refractivity contribution in [3.63, 3.8) is 0 Å². The number of piperidine rings is 1. The molecule has 0 aromatic carbocycles. The van der Waals surface area contributed by atoms with Gasteiger partial charge in [0.2, 0.25) is 0 Å². The lowest BCUT2D eigenvalue weighted by Gasteiger charge is -2.37. The summed E-state index contributed by atoms with van der Waals surface area (Å²) < 4.78 is 0. The summed E-state index contributed by atoms with van der Waals surface area (Å²) in [5.41, 5.74) is 0.247. The Balaban J connectivity index is 2.36. The van der Waals surface area contributed by atoms with Crippen LogP contribution < -0.4 is 5.32 Å².